The molecular weight excluding hydrogens is 238 g/mol. The van der Waals surface area contributed by atoms with Gasteiger partial charge < -0.3 is 16.0 Å². The smallest absolute Gasteiger partial charge is 0.150 e. The van der Waals surface area contributed by atoms with Crippen LogP contribution in [0.15, 0.2) is 24.3 Å². The lowest BCUT2D eigenvalue weighted by Gasteiger charge is -2.27. The first-order valence-corrected chi connectivity index (χ1v) is 6.93. The maximum atomic E-state index is 10.5. The number of nitrogens with zero attached hydrogens (tertiary/aromatic N) is 1. The van der Waals surface area contributed by atoms with Crippen LogP contribution in [0.25, 0.3) is 0 Å². The Morgan fingerprint density at radius 2 is 1.84 bits per heavy atom. The maximum Gasteiger partial charge on any atom is 0.150 e. The molecule has 1 saturated heterocycles. The number of hydrogen-bond donors (Lipinski definition) is 2. The van der Waals surface area contributed by atoms with Gasteiger partial charge in [0, 0.05) is 31.7 Å². The van der Waals surface area contributed by atoms with Gasteiger partial charge in [-0.25, -0.2) is 0 Å². The number of carbonyl (C=O) groups is 1. The first-order chi connectivity index (χ1) is 9.38. The lowest BCUT2D eigenvalue weighted by Crippen LogP contribution is -2.43. The number of aryl methyl sites for hydroxylation is 1. The zero-order valence-electron chi connectivity index (χ0n) is 11.8. The molecule has 4 nitrogen and oxygen atoms in total. The van der Waals surface area contributed by atoms with Gasteiger partial charge in [-0.05, 0) is 32.0 Å². The summed E-state index contributed by atoms with van der Waals surface area (Å²) in [7, 11) is 1.50. The second-order valence-electron chi connectivity index (χ2n) is 4.55. The van der Waals surface area contributed by atoms with Crippen molar-refractivity contribution in [1.82, 2.24) is 10.2 Å². The number of aldehydes is 1. The summed E-state index contributed by atoms with van der Waals surface area (Å²) in [6, 6.07) is 7.91. The highest BCUT2D eigenvalue weighted by Crippen LogP contribution is 2.06. The van der Waals surface area contributed by atoms with E-state index in [2.05, 4.69) is 28.1 Å². The van der Waals surface area contributed by atoms with E-state index in [-0.39, 0.29) is 0 Å². The number of nitrogens with one attached hydrogen (secondary N) is 1. The maximum absolute atomic E-state index is 10.5. The second kappa shape index (κ2) is 9.67. The Bertz CT molecular complexity index is 345. The minimum atomic E-state index is 0.760. The Kier molecular flexibility index (Phi) is 8.05. The van der Waals surface area contributed by atoms with Gasteiger partial charge in [0.2, 0.25) is 0 Å². The topological polar surface area (TPSA) is 58.4 Å². The number of benzene rings is 1. The largest absolute Gasteiger partial charge is 0.333 e. The number of nitrogens with two attached hydrogens (primary N) is 1. The van der Waals surface area contributed by atoms with Crippen LogP contribution in [0.2, 0.25) is 0 Å². The molecule has 0 aromatic heterocycles. The molecule has 1 aliphatic heterocycles. The average Bonchev–Trinajstić information content (AvgIpc) is 2.51. The van der Waals surface area contributed by atoms with Crippen LogP contribution in [-0.4, -0.2) is 51.0 Å². The predicted molar refractivity (Wildman–Crippen MR) is 79.6 cm³/mol. The van der Waals surface area contributed by atoms with Crippen molar-refractivity contribution in [1.29, 1.82) is 0 Å². The van der Waals surface area contributed by atoms with Crippen molar-refractivity contribution >= 4 is 6.29 Å². The van der Waals surface area contributed by atoms with E-state index in [0.717, 1.165) is 31.4 Å². The summed E-state index contributed by atoms with van der Waals surface area (Å²) >= 11 is 0. The molecule has 0 bridgehead atoms. The lowest BCUT2D eigenvalue weighted by molar-refractivity contribution is 0.112. The molecule has 0 spiro atoms. The molecule has 3 N–H and O–H groups in total. The fraction of sp³-hybridized carbons (Fsp3) is 0.533. The molecule has 0 radical (unpaired) electrons. The molecule has 19 heavy (non-hydrogen) atoms. The van der Waals surface area contributed by atoms with E-state index in [9.17, 15) is 4.79 Å². The van der Waals surface area contributed by atoms with E-state index < -0.39 is 0 Å². The monoisotopic (exact) mass is 263 g/mol. The molecule has 4 heteroatoms. The highest BCUT2D eigenvalue weighted by molar-refractivity contribution is 5.74. The third kappa shape index (κ3) is 5.96. The Morgan fingerprint density at radius 3 is 2.42 bits per heavy atom. The first-order valence-electron chi connectivity index (χ1n) is 6.93. The van der Waals surface area contributed by atoms with Crippen molar-refractivity contribution < 1.29 is 4.79 Å². The van der Waals surface area contributed by atoms with E-state index in [1.165, 1.54) is 38.7 Å². The van der Waals surface area contributed by atoms with Crippen LogP contribution in [0.1, 0.15) is 22.3 Å². The van der Waals surface area contributed by atoms with Crippen LogP contribution < -0.4 is 11.1 Å². The molecule has 106 valence electrons. The second-order valence-corrected chi connectivity index (χ2v) is 4.55. The van der Waals surface area contributed by atoms with Gasteiger partial charge in [0.25, 0.3) is 0 Å². The molecule has 0 aliphatic carbocycles. The van der Waals surface area contributed by atoms with Crippen molar-refractivity contribution in [3.8, 4) is 0 Å². The molecular formula is C15H25N3O. The molecule has 0 atom stereocenters. The van der Waals surface area contributed by atoms with Gasteiger partial charge in [-0.15, -0.1) is 0 Å². The van der Waals surface area contributed by atoms with E-state index in [1.807, 2.05) is 12.1 Å². The zero-order valence-corrected chi connectivity index (χ0v) is 11.8. The minimum absolute atomic E-state index is 0.760. The Morgan fingerprint density at radius 1 is 1.21 bits per heavy atom. The van der Waals surface area contributed by atoms with E-state index in [0.29, 0.717) is 0 Å². The first kappa shape index (κ1) is 15.8. The van der Waals surface area contributed by atoms with Gasteiger partial charge in [-0.1, -0.05) is 24.3 Å². The third-order valence-electron chi connectivity index (χ3n) is 3.27. The van der Waals surface area contributed by atoms with Crippen molar-refractivity contribution in [3.05, 3.63) is 35.4 Å². The molecule has 1 aromatic carbocycles. The van der Waals surface area contributed by atoms with Gasteiger partial charge in [-0.2, -0.15) is 0 Å². The third-order valence-corrected chi connectivity index (χ3v) is 3.27. The zero-order chi connectivity index (χ0) is 13.9. The van der Waals surface area contributed by atoms with Crippen LogP contribution in [-0.2, 0) is 6.42 Å². The van der Waals surface area contributed by atoms with Crippen LogP contribution in [0.5, 0.6) is 0 Å². The van der Waals surface area contributed by atoms with Gasteiger partial charge in [0.1, 0.15) is 6.29 Å². The Labute approximate surface area is 116 Å². The standard InChI is InChI=1S/C14H20N2O.CH5N/c17-12-14-5-3-13(4-6-14)2-1-9-16-10-7-15-8-11-16;1-2/h3-6,12,15H,1-2,7-11H2;2H2,1H3. The van der Waals surface area contributed by atoms with Crippen molar-refractivity contribution in [3.63, 3.8) is 0 Å². The fourth-order valence-electron chi connectivity index (χ4n) is 2.20. The van der Waals surface area contributed by atoms with Crippen LogP contribution in [0.3, 0.4) is 0 Å². The highest BCUT2D eigenvalue weighted by atomic mass is 16.1. The summed E-state index contributed by atoms with van der Waals surface area (Å²) in [4.78, 5) is 13.0. The quantitative estimate of drug-likeness (QED) is 0.775. The summed E-state index contributed by atoms with van der Waals surface area (Å²) in [5.74, 6) is 0. The van der Waals surface area contributed by atoms with Crippen molar-refractivity contribution in [2.45, 2.75) is 12.8 Å². The molecule has 1 heterocycles. The van der Waals surface area contributed by atoms with E-state index in [1.54, 1.807) is 0 Å². The predicted octanol–water partition coefficient (Wildman–Crippen LogP) is 0.912. The Hall–Kier alpha value is -1.23. The Balaban J connectivity index is 0.000000861. The van der Waals surface area contributed by atoms with Crippen LogP contribution in [0.4, 0.5) is 0 Å². The molecule has 1 aliphatic rings. The van der Waals surface area contributed by atoms with Gasteiger partial charge in [-0.3, -0.25) is 4.79 Å². The van der Waals surface area contributed by atoms with E-state index in [4.69, 9.17) is 0 Å². The van der Waals surface area contributed by atoms with Gasteiger partial charge >= 0.3 is 0 Å². The SMILES string of the molecule is CN.O=Cc1ccc(CCCN2CCNCC2)cc1. The average molecular weight is 263 g/mol. The van der Waals surface area contributed by atoms with Crippen molar-refractivity contribution in [2.24, 2.45) is 5.73 Å². The number of carbonyl (C=O) groups excluding carboxylic acids is 1. The van der Waals surface area contributed by atoms with Gasteiger partial charge in [0.05, 0.1) is 0 Å². The van der Waals surface area contributed by atoms with E-state index >= 15 is 0 Å². The molecule has 1 fully saturated rings. The number of piperazine rings is 1. The van der Waals surface area contributed by atoms with Gasteiger partial charge in [0.15, 0.2) is 0 Å². The molecule has 0 unspecified atom stereocenters. The summed E-state index contributed by atoms with van der Waals surface area (Å²) in [6.45, 7) is 5.76. The molecule has 0 amide bonds. The highest BCUT2D eigenvalue weighted by Gasteiger charge is 2.08. The van der Waals surface area contributed by atoms with Crippen LogP contribution in [0, 0.1) is 0 Å². The summed E-state index contributed by atoms with van der Waals surface area (Å²) < 4.78 is 0. The lowest BCUT2D eigenvalue weighted by atomic mass is 10.1. The summed E-state index contributed by atoms with van der Waals surface area (Å²) in [5.41, 5.74) is 6.58. The number of rotatable bonds is 5. The summed E-state index contributed by atoms with van der Waals surface area (Å²) in [5, 5.41) is 3.36. The molecule has 0 saturated carbocycles. The van der Waals surface area contributed by atoms with Crippen molar-refractivity contribution in [2.75, 3.05) is 39.8 Å². The fourth-order valence-corrected chi connectivity index (χ4v) is 2.20. The molecule has 1 aromatic rings. The number of hydrogen-bond acceptors (Lipinski definition) is 4. The normalized spacial score (nSPS) is 15.5. The minimum Gasteiger partial charge on any atom is -0.333 e. The summed E-state index contributed by atoms with van der Waals surface area (Å²) in [6.07, 6.45) is 3.19. The molecule has 2 rings (SSSR count). The van der Waals surface area contributed by atoms with Crippen LogP contribution >= 0.6 is 0 Å².